The molecule has 4 heteroatoms. The number of benzene rings is 1. The van der Waals surface area contributed by atoms with Gasteiger partial charge in [-0.2, -0.15) is 0 Å². The molecular formula is C16H21NO2S. The van der Waals surface area contributed by atoms with Crippen molar-refractivity contribution in [2.45, 2.75) is 30.3 Å². The first-order valence-corrected chi connectivity index (χ1v) is 8.06. The van der Waals surface area contributed by atoms with Gasteiger partial charge in [-0.05, 0) is 55.7 Å². The fourth-order valence-corrected chi connectivity index (χ4v) is 2.47. The Labute approximate surface area is 124 Å². The first-order valence-electron chi connectivity index (χ1n) is 6.83. The van der Waals surface area contributed by atoms with Crippen molar-refractivity contribution in [1.29, 1.82) is 0 Å². The number of nitrogens with one attached hydrogen (secondary N) is 1. The molecule has 1 amide bonds. The Morgan fingerprint density at radius 1 is 1.45 bits per heavy atom. The maximum absolute atomic E-state index is 11.7. The van der Waals surface area contributed by atoms with Crippen molar-refractivity contribution in [3.05, 3.63) is 35.9 Å². The van der Waals surface area contributed by atoms with E-state index in [0.717, 1.165) is 18.4 Å². The predicted molar refractivity (Wildman–Crippen MR) is 83.6 cm³/mol. The van der Waals surface area contributed by atoms with E-state index in [2.05, 4.69) is 5.32 Å². The van der Waals surface area contributed by atoms with Crippen LogP contribution in [0.15, 0.2) is 35.2 Å². The summed E-state index contributed by atoms with van der Waals surface area (Å²) in [5, 5.41) is 12.9. The molecule has 0 saturated heterocycles. The van der Waals surface area contributed by atoms with Crippen molar-refractivity contribution < 1.29 is 9.90 Å². The van der Waals surface area contributed by atoms with Gasteiger partial charge in [0.15, 0.2) is 0 Å². The second kappa shape index (κ2) is 6.46. The molecule has 0 spiro atoms. The van der Waals surface area contributed by atoms with Crippen LogP contribution in [0.1, 0.15) is 25.3 Å². The summed E-state index contributed by atoms with van der Waals surface area (Å²) in [6, 6.07) is 8.02. The molecule has 1 aromatic rings. The molecular weight excluding hydrogens is 270 g/mol. The van der Waals surface area contributed by atoms with Gasteiger partial charge in [-0.3, -0.25) is 4.79 Å². The van der Waals surface area contributed by atoms with E-state index in [1.165, 1.54) is 11.0 Å². The van der Waals surface area contributed by atoms with Gasteiger partial charge in [0, 0.05) is 17.5 Å². The Balaban J connectivity index is 1.82. The molecule has 1 aliphatic carbocycles. The number of carbonyl (C=O) groups excluding carboxylic acids is 1. The maximum Gasteiger partial charge on any atom is 0.244 e. The van der Waals surface area contributed by atoms with Gasteiger partial charge in [-0.1, -0.05) is 12.1 Å². The molecule has 0 aromatic heterocycles. The minimum atomic E-state index is -0.774. The molecule has 2 rings (SSSR count). The third-order valence-electron chi connectivity index (χ3n) is 3.62. The quantitative estimate of drug-likeness (QED) is 0.626. The summed E-state index contributed by atoms with van der Waals surface area (Å²) in [5.41, 5.74) is 0.218. The first-order chi connectivity index (χ1) is 9.51. The van der Waals surface area contributed by atoms with Gasteiger partial charge in [0.2, 0.25) is 5.91 Å². The zero-order valence-corrected chi connectivity index (χ0v) is 12.7. The van der Waals surface area contributed by atoms with Crippen LogP contribution >= 0.6 is 11.8 Å². The Hall–Kier alpha value is -1.26. The van der Waals surface area contributed by atoms with Crippen molar-refractivity contribution >= 4 is 23.7 Å². The normalized spacial score (nSPS) is 17.9. The third-order valence-corrected chi connectivity index (χ3v) is 4.36. The molecule has 0 heterocycles. The second-order valence-electron chi connectivity index (χ2n) is 5.46. The van der Waals surface area contributed by atoms with Crippen LogP contribution in [0, 0.1) is 5.92 Å². The van der Waals surface area contributed by atoms with Gasteiger partial charge in [-0.15, -0.1) is 11.8 Å². The van der Waals surface area contributed by atoms with E-state index in [4.69, 9.17) is 0 Å². The predicted octanol–water partition coefficient (Wildman–Crippen LogP) is 2.70. The number of hydrogen-bond acceptors (Lipinski definition) is 3. The molecule has 1 saturated carbocycles. The summed E-state index contributed by atoms with van der Waals surface area (Å²) in [6.45, 7) is 2.10. The van der Waals surface area contributed by atoms with Gasteiger partial charge < -0.3 is 10.4 Å². The van der Waals surface area contributed by atoms with Crippen LogP contribution in [0.4, 0.5) is 0 Å². The van der Waals surface area contributed by atoms with Crippen molar-refractivity contribution in [1.82, 2.24) is 5.32 Å². The van der Waals surface area contributed by atoms with E-state index in [0.29, 0.717) is 12.5 Å². The third kappa shape index (κ3) is 4.39. The van der Waals surface area contributed by atoms with Crippen LogP contribution in [-0.2, 0) is 4.79 Å². The average molecular weight is 291 g/mol. The van der Waals surface area contributed by atoms with Gasteiger partial charge in [0.05, 0.1) is 5.60 Å². The number of rotatable bonds is 6. The Morgan fingerprint density at radius 3 is 2.65 bits per heavy atom. The zero-order chi connectivity index (χ0) is 14.6. The highest BCUT2D eigenvalue weighted by molar-refractivity contribution is 7.98. The molecule has 20 heavy (non-hydrogen) atoms. The number of aliphatic hydroxyl groups is 1. The number of thioether (sulfide) groups is 1. The molecule has 1 aliphatic rings. The largest absolute Gasteiger partial charge is 0.388 e. The van der Waals surface area contributed by atoms with E-state index in [9.17, 15) is 9.90 Å². The van der Waals surface area contributed by atoms with Gasteiger partial charge >= 0.3 is 0 Å². The highest BCUT2D eigenvalue weighted by Crippen LogP contribution is 2.38. The minimum absolute atomic E-state index is 0.167. The Bertz CT molecular complexity index is 490. The summed E-state index contributed by atoms with van der Waals surface area (Å²) in [6.07, 6.45) is 7.44. The highest BCUT2D eigenvalue weighted by Gasteiger charge is 2.39. The van der Waals surface area contributed by atoms with E-state index in [1.807, 2.05) is 30.5 Å². The maximum atomic E-state index is 11.7. The molecule has 1 fully saturated rings. The number of amides is 1. The molecule has 108 valence electrons. The fraction of sp³-hybridized carbons (Fsp3) is 0.438. The summed E-state index contributed by atoms with van der Waals surface area (Å²) in [5.74, 6) is 0.172. The zero-order valence-electron chi connectivity index (χ0n) is 11.9. The van der Waals surface area contributed by atoms with Crippen LogP contribution in [0.25, 0.3) is 6.08 Å². The minimum Gasteiger partial charge on any atom is -0.388 e. The average Bonchev–Trinajstić information content (AvgIpc) is 3.28. The lowest BCUT2D eigenvalue weighted by atomic mass is 10.0. The van der Waals surface area contributed by atoms with E-state index in [-0.39, 0.29) is 5.91 Å². The van der Waals surface area contributed by atoms with Crippen molar-refractivity contribution in [2.75, 3.05) is 12.8 Å². The summed E-state index contributed by atoms with van der Waals surface area (Å²) < 4.78 is 0. The topological polar surface area (TPSA) is 49.3 Å². The van der Waals surface area contributed by atoms with Gasteiger partial charge in [-0.25, -0.2) is 0 Å². The van der Waals surface area contributed by atoms with Crippen LogP contribution in [0.5, 0.6) is 0 Å². The molecule has 1 unspecified atom stereocenters. The Kier molecular flexibility index (Phi) is 4.89. The van der Waals surface area contributed by atoms with Crippen molar-refractivity contribution in [2.24, 2.45) is 5.92 Å². The van der Waals surface area contributed by atoms with Crippen LogP contribution in [-0.4, -0.2) is 29.4 Å². The van der Waals surface area contributed by atoms with Crippen LogP contribution in [0.3, 0.4) is 0 Å². The van der Waals surface area contributed by atoms with Gasteiger partial charge in [0.1, 0.15) is 0 Å². The molecule has 0 aliphatic heterocycles. The number of carbonyl (C=O) groups is 1. The SMILES string of the molecule is CSc1ccc(/C=C/C(=O)NCC(C)(O)C2CC2)cc1. The van der Waals surface area contributed by atoms with Gasteiger partial charge in [0.25, 0.3) is 0 Å². The highest BCUT2D eigenvalue weighted by atomic mass is 32.2. The smallest absolute Gasteiger partial charge is 0.244 e. The molecule has 0 bridgehead atoms. The molecule has 1 atom stereocenters. The summed E-state index contributed by atoms with van der Waals surface area (Å²) in [4.78, 5) is 12.9. The van der Waals surface area contributed by atoms with Crippen molar-refractivity contribution in [3.63, 3.8) is 0 Å². The van der Waals surface area contributed by atoms with E-state index in [1.54, 1.807) is 24.8 Å². The monoisotopic (exact) mass is 291 g/mol. The van der Waals surface area contributed by atoms with Crippen molar-refractivity contribution in [3.8, 4) is 0 Å². The molecule has 0 radical (unpaired) electrons. The summed E-state index contributed by atoms with van der Waals surface area (Å²) >= 11 is 1.69. The standard InChI is InChI=1S/C16H21NO2S/c1-16(19,13-6-7-13)11-17-15(18)10-5-12-3-8-14(20-2)9-4-12/h3-5,8-10,13,19H,6-7,11H2,1-2H3,(H,17,18)/b10-5+. The molecule has 3 nitrogen and oxygen atoms in total. The molecule has 1 aromatic carbocycles. The fourth-order valence-electron chi connectivity index (χ4n) is 2.06. The van der Waals surface area contributed by atoms with Crippen LogP contribution < -0.4 is 5.32 Å². The first kappa shape index (κ1) is 15.1. The Morgan fingerprint density at radius 2 is 2.10 bits per heavy atom. The number of hydrogen-bond donors (Lipinski definition) is 2. The second-order valence-corrected chi connectivity index (χ2v) is 6.34. The lowest BCUT2D eigenvalue weighted by Gasteiger charge is -2.22. The van der Waals surface area contributed by atoms with E-state index >= 15 is 0 Å². The molecule has 2 N–H and O–H groups in total. The lowest BCUT2D eigenvalue weighted by molar-refractivity contribution is -0.117. The van der Waals surface area contributed by atoms with Crippen LogP contribution in [0.2, 0.25) is 0 Å². The lowest BCUT2D eigenvalue weighted by Crippen LogP contribution is -2.41. The summed E-state index contributed by atoms with van der Waals surface area (Å²) in [7, 11) is 0. The van der Waals surface area contributed by atoms with E-state index < -0.39 is 5.60 Å².